The van der Waals surface area contributed by atoms with E-state index in [1.165, 1.54) is 25.7 Å². The summed E-state index contributed by atoms with van der Waals surface area (Å²) in [5.41, 5.74) is 3.05. The molecule has 0 atom stereocenters. The van der Waals surface area contributed by atoms with Gasteiger partial charge in [0.05, 0.1) is 17.6 Å². The van der Waals surface area contributed by atoms with Crippen LogP contribution in [0.3, 0.4) is 0 Å². The van der Waals surface area contributed by atoms with Gasteiger partial charge >= 0.3 is 0 Å². The SMILES string of the molecule is CC1(C)CCC(OCc2cnc(NN)s2)CC1. The number of nitrogens with zero attached hydrogens (tertiary/aromatic N) is 1. The summed E-state index contributed by atoms with van der Waals surface area (Å²) in [5.74, 6) is 5.29. The molecule has 4 nitrogen and oxygen atoms in total. The van der Waals surface area contributed by atoms with Gasteiger partial charge in [0.2, 0.25) is 0 Å². The molecule has 0 aromatic carbocycles. The van der Waals surface area contributed by atoms with Gasteiger partial charge in [-0.15, -0.1) is 0 Å². The van der Waals surface area contributed by atoms with E-state index < -0.39 is 0 Å². The second-order valence-corrected chi connectivity index (χ2v) is 6.57. The largest absolute Gasteiger partial charge is 0.373 e. The van der Waals surface area contributed by atoms with Crippen LogP contribution in [0.2, 0.25) is 0 Å². The molecule has 0 amide bonds. The molecule has 0 bridgehead atoms. The molecule has 0 aliphatic heterocycles. The summed E-state index contributed by atoms with van der Waals surface area (Å²) in [6.45, 7) is 5.33. The zero-order chi connectivity index (χ0) is 12.3. The second kappa shape index (κ2) is 5.33. The van der Waals surface area contributed by atoms with Gasteiger partial charge in [0.25, 0.3) is 0 Å². The fourth-order valence-corrected chi connectivity index (χ4v) is 2.83. The van der Waals surface area contributed by atoms with E-state index in [2.05, 4.69) is 24.3 Å². The Morgan fingerprint density at radius 1 is 1.53 bits per heavy atom. The molecule has 1 aliphatic rings. The van der Waals surface area contributed by atoms with Crippen LogP contribution in [0, 0.1) is 5.41 Å². The average molecular weight is 255 g/mol. The zero-order valence-electron chi connectivity index (χ0n) is 10.5. The van der Waals surface area contributed by atoms with Crippen LogP contribution in [0.5, 0.6) is 0 Å². The van der Waals surface area contributed by atoms with Crippen molar-refractivity contribution in [3.05, 3.63) is 11.1 Å². The summed E-state index contributed by atoms with van der Waals surface area (Å²) in [5, 5.41) is 0.744. The number of rotatable bonds is 4. The minimum atomic E-state index is 0.416. The monoisotopic (exact) mass is 255 g/mol. The van der Waals surface area contributed by atoms with Gasteiger partial charge in [0.15, 0.2) is 5.13 Å². The first-order chi connectivity index (χ1) is 8.09. The van der Waals surface area contributed by atoms with Gasteiger partial charge in [-0.3, -0.25) is 5.43 Å². The molecule has 96 valence electrons. The number of hydrogen-bond donors (Lipinski definition) is 2. The maximum atomic E-state index is 5.92. The van der Waals surface area contributed by atoms with Gasteiger partial charge in [-0.1, -0.05) is 25.2 Å². The third-order valence-corrected chi connectivity index (χ3v) is 4.33. The lowest BCUT2D eigenvalue weighted by Gasteiger charge is -2.34. The Hall–Kier alpha value is -0.650. The van der Waals surface area contributed by atoms with Gasteiger partial charge in [0.1, 0.15) is 0 Å². The fourth-order valence-electron chi connectivity index (χ4n) is 2.18. The van der Waals surface area contributed by atoms with Gasteiger partial charge < -0.3 is 4.74 Å². The van der Waals surface area contributed by atoms with E-state index in [0.29, 0.717) is 18.1 Å². The minimum absolute atomic E-state index is 0.416. The van der Waals surface area contributed by atoms with E-state index in [9.17, 15) is 0 Å². The van der Waals surface area contributed by atoms with Gasteiger partial charge in [-0.25, -0.2) is 10.8 Å². The first-order valence-electron chi connectivity index (χ1n) is 6.12. The molecule has 17 heavy (non-hydrogen) atoms. The highest BCUT2D eigenvalue weighted by Crippen LogP contribution is 2.36. The molecule has 0 radical (unpaired) electrons. The zero-order valence-corrected chi connectivity index (χ0v) is 11.3. The molecular weight excluding hydrogens is 234 g/mol. The Morgan fingerprint density at radius 2 is 2.24 bits per heavy atom. The molecule has 0 saturated heterocycles. The first kappa shape index (κ1) is 12.8. The highest BCUT2D eigenvalue weighted by Gasteiger charge is 2.27. The fraction of sp³-hybridized carbons (Fsp3) is 0.750. The van der Waals surface area contributed by atoms with Crippen molar-refractivity contribution >= 4 is 16.5 Å². The van der Waals surface area contributed by atoms with Crippen molar-refractivity contribution in [1.29, 1.82) is 0 Å². The van der Waals surface area contributed by atoms with Crippen molar-refractivity contribution in [3.8, 4) is 0 Å². The Bertz CT molecular complexity index is 354. The number of nitrogens with two attached hydrogens (primary N) is 1. The summed E-state index contributed by atoms with van der Waals surface area (Å²) < 4.78 is 5.92. The van der Waals surface area contributed by atoms with Crippen molar-refractivity contribution in [2.75, 3.05) is 5.43 Å². The van der Waals surface area contributed by atoms with Gasteiger partial charge in [-0.2, -0.15) is 0 Å². The molecule has 3 N–H and O–H groups in total. The van der Waals surface area contributed by atoms with E-state index in [0.717, 1.165) is 10.0 Å². The third kappa shape index (κ3) is 3.66. The van der Waals surface area contributed by atoms with E-state index in [-0.39, 0.29) is 0 Å². The lowest BCUT2D eigenvalue weighted by molar-refractivity contribution is -0.00454. The molecule has 1 heterocycles. The van der Waals surface area contributed by atoms with Crippen molar-refractivity contribution in [2.45, 2.75) is 52.2 Å². The molecule has 0 unspecified atom stereocenters. The van der Waals surface area contributed by atoms with Crippen molar-refractivity contribution in [2.24, 2.45) is 11.3 Å². The number of hydrogen-bond acceptors (Lipinski definition) is 5. The average Bonchev–Trinajstić information content (AvgIpc) is 2.75. The van der Waals surface area contributed by atoms with Crippen molar-refractivity contribution < 1.29 is 4.74 Å². The molecular formula is C12H21N3OS. The van der Waals surface area contributed by atoms with E-state index in [1.807, 2.05) is 6.20 Å². The van der Waals surface area contributed by atoms with Crippen molar-refractivity contribution in [3.63, 3.8) is 0 Å². The van der Waals surface area contributed by atoms with Crippen molar-refractivity contribution in [1.82, 2.24) is 4.98 Å². The Morgan fingerprint density at radius 3 is 2.82 bits per heavy atom. The third-order valence-electron chi connectivity index (χ3n) is 3.42. The number of nitrogen functional groups attached to an aromatic ring is 1. The number of nitrogens with one attached hydrogen (secondary N) is 1. The van der Waals surface area contributed by atoms with Crippen LogP contribution in [0.1, 0.15) is 44.4 Å². The Balaban J connectivity index is 1.75. The van der Waals surface area contributed by atoms with Crippen LogP contribution in [-0.4, -0.2) is 11.1 Å². The normalized spacial score (nSPS) is 20.4. The van der Waals surface area contributed by atoms with E-state index >= 15 is 0 Å². The summed E-state index contributed by atoms with van der Waals surface area (Å²) in [6.07, 6.45) is 7.11. The Labute approximate surface area is 107 Å². The highest BCUT2D eigenvalue weighted by atomic mass is 32.1. The molecule has 1 saturated carbocycles. The van der Waals surface area contributed by atoms with E-state index in [4.69, 9.17) is 10.6 Å². The van der Waals surface area contributed by atoms with E-state index in [1.54, 1.807) is 11.3 Å². The smallest absolute Gasteiger partial charge is 0.197 e. The second-order valence-electron chi connectivity index (χ2n) is 5.45. The highest BCUT2D eigenvalue weighted by molar-refractivity contribution is 7.15. The lowest BCUT2D eigenvalue weighted by atomic mass is 9.76. The molecule has 1 aliphatic carbocycles. The maximum Gasteiger partial charge on any atom is 0.197 e. The van der Waals surface area contributed by atoms with Crippen LogP contribution < -0.4 is 11.3 Å². The van der Waals surface area contributed by atoms with Gasteiger partial charge in [-0.05, 0) is 31.1 Å². The lowest BCUT2D eigenvalue weighted by Crippen LogP contribution is -2.26. The molecule has 1 aromatic heterocycles. The summed E-state index contributed by atoms with van der Waals surface area (Å²) in [7, 11) is 0. The number of ether oxygens (including phenoxy) is 1. The predicted octanol–water partition coefficient (Wildman–Crippen LogP) is 2.91. The van der Waals surface area contributed by atoms with Crippen LogP contribution in [0.4, 0.5) is 5.13 Å². The topological polar surface area (TPSA) is 60.2 Å². The molecule has 0 spiro atoms. The molecule has 1 aromatic rings. The first-order valence-corrected chi connectivity index (χ1v) is 6.94. The number of aromatic nitrogens is 1. The number of thiazole rings is 1. The molecule has 2 rings (SSSR count). The van der Waals surface area contributed by atoms with Crippen LogP contribution in [0.15, 0.2) is 6.20 Å². The van der Waals surface area contributed by atoms with Crippen LogP contribution >= 0.6 is 11.3 Å². The van der Waals surface area contributed by atoms with Crippen LogP contribution in [0.25, 0.3) is 0 Å². The molecule has 5 heteroatoms. The van der Waals surface area contributed by atoms with Crippen LogP contribution in [-0.2, 0) is 11.3 Å². The standard InChI is InChI=1S/C12H21N3OS/c1-12(2)5-3-9(4-6-12)16-8-10-7-14-11(15-13)17-10/h7,9H,3-6,8,13H2,1-2H3,(H,14,15). The summed E-state index contributed by atoms with van der Waals surface area (Å²) in [4.78, 5) is 5.25. The molecule has 1 fully saturated rings. The summed E-state index contributed by atoms with van der Waals surface area (Å²) in [6, 6.07) is 0. The van der Waals surface area contributed by atoms with Gasteiger partial charge in [0, 0.05) is 6.20 Å². The predicted molar refractivity (Wildman–Crippen MR) is 70.8 cm³/mol. The number of hydrazine groups is 1. The maximum absolute atomic E-state index is 5.92. The Kier molecular flexibility index (Phi) is 4.01. The quantitative estimate of drug-likeness (QED) is 0.641. The summed E-state index contributed by atoms with van der Waals surface area (Å²) >= 11 is 1.55. The minimum Gasteiger partial charge on any atom is -0.373 e. The number of anilines is 1.